The summed E-state index contributed by atoms with van der Waals surface area (Å²) in [6.45, 7) is 2.39. The Morgan fingerprint density at radius 3 is 1.94 bits per heavy atom. The fourth-order valence-corrected chi connectivity index (χ4v) is 3.59. The largest absolute Gasteiger partial charge is 0.503 e. The van der Waals surface area contributed by atoms with Gasteiger partial charge in [0.2, 0.25) is 11.8 Å². The lowest BCUT2D eigenvalue weighted by Crippen LogP contribution is -2.44. The second kappa shape index (κ2) is 12.4. The van der Waals surface area contributed by atoms with Crippen molar-refractivity contribution in [3.8, 4) is 17.2 Å². The van der Waals surface area contributed by atoms with Crippen molar-refractivity contribution in [3.63, 3.8) is 0 Å². The molecule has 0 aromatic heterocycles. The Bertz CT molecular complexity index is 1170. The number of hydrogen-bond acceptors (Lipinski definition) is 9. The van der Waals surface area contributed by atoms with Crippen molar-refractivity contribution in [3.05, 3.63) is 51.5 Å². The molecule has 194 valence electrons. The molecule has 4 N–H and O–H groups in total. The van der Waals surface area contributed by atoms with Crippen LogP contribution in [0.3, 0.4) is 0 Å². The molecule has 2 aromatic rings. The Hall–Kier alpha value is -3.54. The zero-order valence-corrected chi connectivity index (χ0v) is 21.1. The first-order valence-corrected chi connectivity index (χ1v) is 11.0. The number of aliphatic hydroxyl groups is 1. The molecule has 36 heavy (non-hydrogen) atoms. The molecule has 0 radical (unpaired) electrons. The van der Waals surface area contributed by atoms with Crippen molar-refractivity contribution >= 4 is 47.0 Å². The summed E-state index contributed by atoms with van der Waals surface area (Å²) in [5.41, 5.74) is 0.318. The summed E-state index contributed by atoms with van der Waals surface area (Å²) < 4.78 is 15.0. The number of ether oxygens (including phenoxy) is 3. The molecule has 0 aliphatic heterocycles. The average Bonchev–Trinajstić information content (AvgIpc) is 2.83. The summed E-state index contributed by atoms with van der Waals surface area (Å²) in [4.78, 5) is 47.1. The molecule has 0 saturated heterocycles. The highest BCUT2D eigenvalue weighted by molar-refractivity contribution is 6.32. The molecule has 0 aliphatic carbocycles. The van der Waals surface area contributed by atoms with Crippen molar-refractivity contribution in [1.82, 2.24) is 10.6 Å². The van der Waals surface area contributed by atoms with E-state index in [9.17, 15) is 29.4 Å². The van der Waals surface area contributed by atoms with Gasteiger partial charge >= 0.3 is 11.9 Å². The summed E-state index contributed by atoms with van der Waals surface area (Å²) >= 11 is 12.4. The topological polar surface area (TPSA) is 160 Å². The number of halogens is 2. The minimum Gasteiger partial charge on any atom is -0.503 e. The number of rotatable bonds is 9. The molecule has 0 aliphatic rings. The minimum atomic E-state index is -1.50. The standard InChI is InChI=1S/C23H24Cl2N2O9/c1-10(28)26-18(22(32)34-3)13-8-15(25)21(31)17(9-13)36-16-6-5-12(7-14(16)24)20(30)19(23(33)35-4)27-11(2)29/h5-9,18-20,30-31H,1-4H3,(H,26,28)(H,27,29)/t18-,19+,20-/m1/s1. The summed E-state index contributed by atoms with van der Waals surface area (Å²) in [6.07, 6.45) is -1.50. The molecule has 0 spiro atoms. The number of hydrogen-bond donors (Lipinski definition) is 4. The normalized spacial score (nSPS) is 13.1. The zero-order chi connectivity index (χ0) is 27.2. The fraction of sp³-hybridized carbons (Fsp3) is 0.304. The number of esters is 2. The van der Waals surface area contributed by atoms with E-state index >= 15 is 0 Å². The molecular weight excluding hydrogens is 519 g/mol. The average molecular weight is 543 g/mol. The van der Waals surface area contributed by atoms with Crippen molar-refractivity contribution in [2.24, 2.45) is 0 Å². The van der Waals surface area contributed by atoms with Crippen LogP contribution >= 0.6 is 23.2 Å². The lowest BCUT2D eigenvalue weighted by molar-refractivity contribution is -0.148. The van der Waals surface area contributed by atoms with Gasteiger partial charge in [-0.2, -0.15) is 0 Å². The predicted octanol–water partition coefficient (Wildman–Crippen LogP) is 2.55. The van der Waals surface area contributed by atoms with Crippen LogP contribution in [-0.2, 0) is 28.7 Å². The number of phenolic OH excluding ortho intramolecular Hbond substituents is 1. The van der Waals surface area contributed by atoms with Gasteiger partial charge in [0.05, 0.1) is 24.3 Å². The van der Waals surface area contributed by atoms with Crippen LogP contribution in [0.4, 0.5) is 0 Å². The van der Waals surface area contributed by atoms with E-state index in [1.807, 2.05) is 0 Å². The Labute approximate surface area is 216 Å². The van der Waals surface area contributed by atoms with Gasteiger partial charge in [-0.1, -0.05) is 29.3 Å². The van der Waals surface area contributed by atoms with Gasteiger partial charge in [-0.05, 0) is 35.4 Å². The second-order valence-electron chi connectivity index (χ2n) is 7.44. The number of carbonyl (C=O) groups is 4. The molecule has 11 nitrogen and oxygen atoms in total. The maximum absolute atomic E-state index is 12.2. The van der Waals surface area contributed by atoms with E-state index in [0.29, 0.717) is 0 Å². The quantitative estimate of drug-likeness (QED) is 0.349. The molecular formula is C23H24Cl2N2O9. The van der Waals surface area contributed by atoms with Gasteiger partial charge in [0.1, 0.15) is 11.9 Å². The fourth-order valence-electron chi connectivity index (χ4n) is 3.15. The third-order valence-corrected chi connectivity index (χ3v) is 5.40. The highest BCUT2D eigenvalue weighted by Crippen LogP contribution is 2.41. The van der Waals surface area contributed by atoms with Crippen molar-refractivity contribution in [2.75, 3.05) is 14.2 Å². The third-order valence-electron chi connectivity index (χ3n) is 4.82. The molecule has 3 atom stereocenters. The van der Waals surface area contributed by atoms with Gasteiger partial charge < -0.3 is 35.1 Å². The van der Waals surface area contributed by atoms with Crippen LogP contribution in [0.25, 0.3) is 0 Å². The summed E-state index contributed by atoms with van der Waals surface area (Å²) in [6, 6.07) is 3.91. The third kappa shape index (κ3) is 7.00. The number of nitrogens with one attached hydrogen (secondary N) is 2. The van der Waals surface area contributed by atoms with Crippen LogP contribution in [0.5, 0.6) is 17.2 Å². The number of amides is 2. The van der Waals surface area contributed by atoms with Gasteiger partial charge in [0, 0.05) is 13.8 Å². The van der Waals surface area contributed by atoms with Crippen molar-refractivity contribution in [1.29, 1.82) is 0 Å². The van der Waals surface area contributed by atoms with E-state index in [0.717, 1.165) is 14.2 Å². The molecule has 0 fully saturated rings. The molecule has 2 amide bonds. The van der Waals surface area contributed by atoms with Gasteiger partial charge in [-0.3, -0.25) is 9.59 Å². The molecule has 2 rings (SSSR count). The highest BCUT2D eigenvalue weighted by Gasteiger charge is 2.30. The predicted molar refractivity (Wildman–Crippen MR) is 128 cm³/mol. The SMILES string of the molecule is COC(=O)[C@@H](NC(C)=O)[C@H](O)c1ccc(Oc2cc([C@@H](NC(C)=O)C(=O)OC)cc(Cl)c2O)c(Cl)c1. The number of phenols is 1. The van der Waals surface area contributed by atoms with Crippen LogP contribution in [0.2, 0.25) is 10.0 Å². The summed E-state index contributed by atoms with van der Waals surface area (Å²) in [5, 5.41) is 25.5. The molecule has 0 unspecified atom stereocenters. The maximum atomic E-state index is 12.2. The van der Waals surface area contributed by atoms with Crippen LogP contribution < -0.4 is 15.4 Å². The Morgan fingerprint density at radius 1 is 0.833 bits per heavy atom. The Morgan fingerprint density at radius 2 is 1.42 bits per heavy atom. The first-order valence-electron chi connectivity index (χ1n) is 10.3. The number of methoxy groups -OCH3 is 2. The van der Waals surface area contributed by atoms with Crippen LogP contribution in [0.15, 0.2) is 30.3 Å². The van der Waals surface area contributed by atoms with Crippen molar-refractivity contribution < 1.29 is 43.6 Å². The highest BCUT2D eigenvalue weighted by atomic mass is 35.5. The lowest BCUT2D eigenvalue weighted by Gasteiger charge is -2.22. The number of aromatic hydroxyl groups is 1. The summed E-state index contributed by atoms with van der Waals surface area (Å²) in [7, 11) is 2.25. The monoisotopic (exact) mass is 542 g/mol. The van der Waals surface area contributed by atoms with Crippen LogP contribution in [-0.4, -0.2) is 54.2 Å². The van der Waals surface area contributed by atoms with E-state index in [1.165, 1.54) is 44.2 Å². The van der Waals surface area contributed by atoms with E-state index < -0.39 is 47.7 Å². The second-order valence-corrected chi connectivity index (χ2v) is 8.26. The van der Waals surface area contributed by atoms with E-state index in [2.05, 4.69) is 15.4 Å². The minimum absolute atomic E-state index is 0.0134. The van der Waals surface area contributed by atoms with E-state index in [4.69, 9.17) is 32.7 Å². The molecule has 13 heteroatoms. The van der Waals surface area contributed by atoms with Gasteiger partial charge in [-0.15, -0.1) is 0 Å². The Kier molecular flexibility index (Phi) is 9.91. The van der Waals surface area contributed by atoms with Crippen LogP contribution in [0.1, 0.15) is 37.1 Å². The molecule has 0 saturated carbocycles. The first-order chi connectivity index (χ1) is 16.9. The molecule has 0 heterocycles. The first kappa shape index (κ1) is 28.7. The van der Waals surface area contributed by atoms with E-state index in [-0.39, 0.29) is 32.7 Å². The maximum Gasteiger partial charge on any atom is 0.333 e. The van der Waals surface area contributed by atoms with Gasteiger partial charge in [0.15, 0.2) is 23.6 Å². The van der Waals surface area contributed by atoms with E-state index in [1.54, 1.807) is 0 Å². The number of carbonyl (C=O) groups excluding carboxylic acids is 4. The Balaban J connectivity index is 2.41. The van der Waals surface area contributed by atoms with Gasteiger partial charge in [0.25, 0.3) is 0 Å². The lowest BCUT2D eigenvalue weighted by atomic mass is 10.0. The molecule has 0 bridgehead atoms. The smallest absolute Gasteiger partial charge is 0.333 e. The molecule has 2 aromatic carbocycles. The number of benzene rings is 2. The van der Waals surface area contributed by atoms with Crippen LogP contribution in [0, 0.1) is 0 Å². The number of aliphatic hydroxyl groups excluding tert-OH is 1. The zero-order valence-electron chi connectivity index (χ0n) is 19.6. The van der Waals surface area contributed by atoms with Crippen molar-refractivity contribution in [2.45, 2.75) is 32.0 Å². The van der Waals surface area contributed by atoms with Gasteiger partial charge in [-0.25, -0.2) is 9.59 Å². The summed E-state index contributed by atoms with van der Waals surface area (Å²) in [5.74, 6) is -3.38.